The molecule has 0 aromatic carbocycles. The molecule has 0 heterocycles. The minimum atomic E-state index is -0.319. The van der Waals surface area contributed by atoms with Crippen molar-refractivity contribution < 1.29 is 5.11 Å². The molecule has 0 saturated heterocycles. The Morgan fingerprint density at radius 3 is 2.54 bits per heavy atom. The van der Waals surface area contributed by atoms with Crippen LogP contribution in [0.2, 0.25) is 0 Å². The van der Waals surface area contributed by atoms with Gasteiger partial charge in [-0.15, -0.1) is 0 Å². The minimum Gasteiger partial charge on any atom is -0.392 e. The molecule has 0 aliphatic heterocycles. The standard InChI is InChI=1S/C11H23NO/c1-2-3-4-5-6-7-8-9-11(13)10-12/h6-7,11,13H,2-5,8-10,12H2,1H3/b7-6+. The van der Waals surface area contributed by atoms with Gasteiger partial charge in [-0.05, 0) is 25.7 Å². The number of allylic oxidation sites excluding steroid dienone is 2. The number of nitrogens with two attached hydrogens (primary N) is 1. The van der Waals surface area contributed by atoms with Gasteiger partial charge >= 0.3 is 0 Å². The third kappa shape index (κ3) is 9.57. The third-order valence-electron chi connectivity index (χ3n) is 2.08. The van der Waals surface area contributed by atoms with Gasteiger partial charge in [0.1, 0.15) is 0 Å². The fourth-order valence-electron chi connectivity index (χ4n) is 1.15. The zero-order valence-electron chi connectivity index (χ0n) is 8.71. The highest BCUT2D eigenvalue weighted by atomic mass is 16.3. The van der Waals surface area contributed by atoms with E-state index < -0.39 is 0 Å². The third-order valence-corrected chi connectivity index (χ3v) is 2.08. The van der Waals surface area contributed by atoms with Gasteiger partial charge in [-0.3, -0.25) is 0 Å². The molecule has 0 spiro atoms. The van der Waals surface area contributed by atoms with Gasteiger partial charge in [0, 0.05) is 6.54 Å². The maximum Gasteiger partial charge on any atom is 0.0665 e. The molecular weight excluding hydrogens is 162 g/mol. The van der Waals surface area contributed by atoms with Crippen LogP contribution in [-0.2, 0) is 0 Å². The summed E-state index contributed by atoms with van der Waals surface area (Å²) >= 11 is 0. The molecule has 1 atom stereocenters. The summed E-state index contributed by atoms with van der Waals surface area (Å²) in [6, 6.07) is 0. The van der Waals surface area contributed by atoms with Crippen molar-refractivity contribution in [3.8, 4) is 0 Å². The lowest BCUT2D eigenvalue weighted by Gasteiger charge is -2.03. The summed E-state index contributed by atoms with van der Waals surface area (Å²) in [5, 5.41) is 9.14. The van der Waals surface area contributed by atoms with Crippen LogP contribution in [0.4, 0.5) is 0 Å². The average molecular weight is 185 g/mol. The topological polar surface area (TPSA) is 46.2 Å². The summed E-state index contributed by atoms with van der Waals surface area (Å²) in [4.78, 5) is 0. The zero-order chi connectivity index (χ0) is 9.94. The highest BCUT2D eigenvalue weighted by Gasteiger charge is 1.96. The van der Waals surface area contributed by atoms with Crippen LogP contribution in [-0.4, -0.2) is 17.8 Å². The second-order valence-corrected chi connectivity index (χ2v) is 3.43. The number of aliphatic hydroxyl groups is 1. The molecule has 0 saturated carbocycles. The molecule has 2 nitrogen and oxygen atoms in total. The molecule has 0 aromatic heterocycles. The van der Waals surface area contributed by atoms with Gasteiger partial charge in [-0.2, -0.15) is 0 Å². The summed E-state index contributed by atoms with van der Waals surface area (Å²) in [5.74, 6) is 0. The van der Waals surface area contributed by atoms with Gasteiger partial charge in [-0.25, -0.2) is 0 Å². The summed E-state index contributed by atoms with van der Waals surface area (Å²) in [6.45, 7) is 2.59. The van der Waals surface area contributed by atoms with Gasteiger partial charge in [0.15, 0.2) is 0 Å². The molecule has 1 unspecified atom stereocenters. The van der Waals surface area contributed by atoms with Crippen LogP contribution in [0.5, 0.6) is 0 Å². The van der Waals surface area contributed by atoms with E-state index in [0.717, 1.165) is 12.8 Å². The van der Waals surface area contributed by atoms with Crippen molar-refractivity contribution in [1.29, 1.82) is 0 Å². The smallest absolute Gasteiger partial charge is 0.0665 e. The summed E-state index contributed by atoms with van der Waals surface area (Å²) in [5.41, 5.74) is 5.28. The van der Waals surface area contributed by atoms with Crippen LogP contribution in [0.15, 0.2) is 12.2 Å². The molecular formula is C11H23NO. The Labute approximate surface area is 81.8 Å². The van der Waals surface area contributed by atoms with E-state index in [-0.39, 0.29) is 6.10 Å². The predicted octanol–water partition coefficient (Wildman–Crippen LogP) is 2.22. The molecule has 0 amide bonds. The number of unbranched alkanes of at least 4 members (excludes halogenated alkanes) is 3. The molecule has 2 heteroatoms. The van der Waals surface area contributed by atoms with Crippen LogP contribution < -0.4 is 5.73 Å². The normalized spacial score (nSPS) is 13.8. The zero-order valence-corrected chi connectivity index (χ0v) is 8.71. The van der Waals surface area contributed by atoms with Crippen LogP contribution in [0, 0.1) is 0 Å². The van der Waals surface area contributed by atoms with Gasteiger partial charge in [0.2, 0.25) is 0 Å². The Bertz CT molecular complexity index is 123. The second-order valence-electron chi connectivity index (χ2n) is 3.43. The molecule has 0 fully saturated rings. The first kappa shape index (κ1) is 12.7. The molecule has 0 rings (SSSR count). The molecule has 3 N–H and O–H groups in total. The molecule has 0 radical (unpaired) electrons. The first-order valence-corrected chi connectivity index (χ1v) is 5.34. The molecule has 78 valence electrons. The molecule has 0 aromatic rings. The van der Waals surface area contributed by atoms with Crippen molar-refractivity contribution >= 4 is 0 Å². The van der Waals surface area contributed by atoms with Gasteiger partial charge < -0.3 is 10.8 Å². The number of hydrogen-bond donors (Lipinski definition) is 2. The molecule has 0 aliphatic carbocycles. The Kier molecular flexibility index (Phi) is 9.49. The lowest BCUT2D eigenvalue weighted by Crippen LogP contribution is -2.18. The highest BCUT2D eigenvalue weighted by Crippen LogP contribution is 2.02. The van der Waals surface area contributed by atoms with Gasteiger partial charge in [-0.1, -0.05) is 31.9 Å². The van der Waals surface area contributed by atoms with E-state index in [1.165, 1.54) is 25.7 Å². The molecule has 13 heavy (non-hydrogen) atoms. The van der Waals surface area contributed by atoms with E-state index in [4.69, 9.17) is 10.8 Å². The second kappa shape index (κ2) is 9.75. The van der Waals surface area contributed by atoms with Crippen molar-refractivity contribution in [3.63, 3.8) is 0 Å². The lowest BCUT2D eigenvalue weighted by molar-refractivity contribution is 0.174. The Balaban J connectivity index is 3.12. The minimum absolute atomic E-state index is 0.319. The van der Waals surface area contributed by atoms with Crippen molar-refractivity contribution in [2.75, 3.05) is 6.54 Å². The van der Waals surface area contributed by atoms with E-state index in [1.54, 1.807) is 0 Å². The first-order valence-electron chi connectivity index (χ1n) is 5.34. The van der Waals surface area contributed by atoms with Crippen molar-refractivity contribution in [2.45, 2.75) is 51.6 Å². The maximum atomic E-state index is 9.14. The Morgan fingerprint density at radius 2 is 1.92 bits per heavy atom. The molecule has 0 bridgehead atoms. The SMILES string of the molecule is CCCCC/C=C/CCC(O)CN. The fraction of sp³-hybridized carbons (Fsp3) is 0.818. The number of rotatable bonds is 8. The summed E-state index contributed by atoms with van der Waals surface area (Å²) in [7, 11) is 0. The molecule has 0 aliphatic rings. The van der Waals surface area contributed by atoms with Crippen LogP contribution >= 0.6 is 0 Å². The van der Waals surface area contributed by atoms with Crippen LogP contribution in [0.1, 0.15) is 45.4 Å². The highest BCUT2D eigenvalue weighted by molar-refractivity contribution is 4.82. The average Bonchev–Trinajstić information content (AvgIpc) is 2.16. The van der Waals surface area contributed by atoms with Crippen molar-refractivity contribution in [1.82, 2.24) is 0 Å². The summed E-state index contributed by atoms with van der Waals surface area (Å²) < 4.78 is 0. The van der Waals surface area contributed by atoms with Gasteiger partial charge in [0.25, 0.3) is 0 Å². The van der Waals surface area contributed by atoms with Crippen molar-refractivity contribution in [2.24, 2.45) is 5.73 Å². The van der Waals surface area contributed by atoms with E-state index >= 15 is 0 Å². The maximum absolute atomic E-state index is 9.14. The monoisotopic (exact) mass is 185 g/mol. The van der Waals surface area contributed by atoms with Crippen LogP contribution in [0.25, 0.3) is 0 Å². The van der Waals surface area contributed by atoms with Crippen molar-refractivity contribution in [3.05, 3.63) is 12.2 Å². The number of hydrogen-bond acceptors (Lipinski definition) is 2. The van der Waals surface area contributed by atoms with E-state index in [2.05, 4.69) is 19.1 Å². The Hall–Kier alpha value is -0.340. The fourth-order valence-corrected chi connectivity index (χ4v) is 1.15. The first-order chi connectivity index (χ1) is 6.31. The van der Waals surface area contributed by atoms with Crippen LogP contribution in [0.3, 0.4) is 0 Å². The van der Waals surface area contributed by atoms with E-state index in [0.29, 0.717) is 6.54 Å². The lowest BCUT2D eigenvalue weighted by atomic mass is 10.1. The number of aliphatic hydroxyl groups excluding tert-OH is 1. The predicted molar refractivity (Wildman–Crippen MR) is 57.6 cm³/mol. The van der Waals surface area contributed by atoms with E-state index in [9.17, 15) is 0 Å². The Morgan fingerprint density at radius 1 is 1.23 bits per heavy atom. The van der Waals surface area contributed by atoms with Gasteiger partial charge in [0.05, 0.1) is 6.10 Å². The largest absolute Gasteiger partial charge is 0.392 e. The summed E-state index contributed by atoms with van der Waals surface area (Å²) in [6.07, 6.45) is 10.8. The quantitative estimate of drug-likeness (QED) is 0.450. The van der Waals surface area contributed by atoms with E-state index in [1.807, 2.05) is 0 Å².